The third kappa shape index (κ3) is 2.86. The van der Waals surface area contributed by atoms with Gasteiger partial charge in [-0.2, -0.15) is 0 Å². The number of hydrogen-bond acceptors (Lipinski definition) is 4. The molecule has 2 aromatic rings. The largest absolute Gasteiger partial charge is 0.491 e. The molecule has 0 saturated heterocycles. The van der Waals surface area contributed by atoms with E-state index in [1.165, 1.54) is 24.3 Å². The summed E-state index contributed by atoms with van der Waals surface area (Å²) in [4.78, 5) is 12.0. The van der Waals surface area contributed by atoms with Crippen LogP contribution in [0.2, 0.25) is 0 Å². The van der Waals surface area contributed by atoms with Crippen molar-refractivity contribution < 1.29 is 28.0 Å². The molecule has 0 amide bonds. The Morgan fingerprint density at radius 3 is 2.91 bits per heavy atom. The number of halogens is 2. The topological polar surface area (TPSA) is 55.8 Å². The van der Waals surface area contributed by atoms with Crippen LogP contribution in [-0.2, 0) is 22.6 Å². The second kappa shape index (κ2) is 5.86. The number of carbonyl (C=O) groups is 1. The highest BCUT2D eigenvalue weighted by Crippen LogP contribution is 2.17. The van der Waals surface area contributed by atoms with Crippen molar-refractivity contribution in [1.82, 2.24) is 0 Å². The highest BCUT2D eigenvalue weighted by Gasteiger charge is 2.30. The van der Waals surface area contributed by atoms with Crippen molar-refractivity contribution in [3.63, 3.8) is 0 Å². The molecule has 2 aromatic carbocycles. The molecule has 0 unspecified atom stereocenters. The molecular weight excluding hydrogens is 293 g/mol. The Morgan fingerprint density at radius 2 is 2.14 bits per heavy atom. The predicted octanol–water partition coefficient (Wildman–Crippen LogP) is 1.54. The van der Waals surface area contributed by atoms with E-state index in [-0.39, 0.29) is 18.8 Å². The van der Waals surface area contributed by atoms with Crippen molar-refractivity contribution in [2.45, 2.75) is 13.2 Å². The normalized spacial score (nSPS) is 13.1. The maximum atomic E-state index is 13.9. The Kier molecular flexibility index (Phi) is 3.91. The fourth-order valence-electron chi connectivity index (χ4n) is 2.25. The minimum absolute atomic E-state index is 0.0893. The second-order valence-corrected chi connectivity index (χ2v) is 4.90. The molecule has 7 heteroatoms. The number of fused-ring (bicyclic) bond motifs is 1. The quantitative estimate of drug-likeness (QED) is 0.690. The summed E-state index contributed by atoms with van der Waals surface area (Å²) in [6.45, 7) is -0.0851. The van der Waals surface area contributed by atoms with Crippen molar-refractivity contribution in [2.24, 2.45) is 0 Å². The van der Waals surface area contributed by atoms with Crippen molar-refractivity contribution in [1.29, 1.82) is 0 Å². The molecule has 3 rings (SSSR count). The summed E-state index contributed by atoms with van der Waals surface area (Å²) in [5, 5.41) is 9.58. The van der Waals surface area contributed by atoms with Crippen molar-refractivity contribution in [3.05, 3.63) is 64.7 Å². The zero-order valence-corrected chi connectivity index (χ0v) is 11.4. The van der Waals surface area contributed by atoms with E-state index in [9.17, 15) is 18.6 Å². The van der Waals surface area contributed by atoms with Gasteiger partial charge in [0.05, 0.1) is 12.2 Å². The van der Waals surface area contributed by atoms with E-state index in [2.05, 4.69) is 0 Å². The fourth-order valence-corrected chi connectivity index (χ4v) is 2.25. The number of hydrogen-bond donors (Lipinski definition) is 1. The molecule has 0 bridgehead atoms. The smallest absolute Gasteiger partial charge is 0.457 e. The zero-order valence-electron chi connectivity index (χ0n) is 11.4. The maximum absolute atomic E-state index is 13.9. The van der Waals surface area contributed by atoms with Gasteiger partial charge in [0.15, 0.2) is 0 Å². The number of ether oxygens (including phenoxy) is 1. The lowest BCUT2D eigenvalue weighted by Crippen LogP contribution is -2.29. The summed E-state index contributed by atoms with van der Waals surface area (Å²) < 4.78 is 36.9. The Hall–Kier alpha value is -2.25. The predicted molar refractivity (Wildman–Crippen MR) is 74.3 cm³/mol. The lowest BCUT2D eigenvalue weighted by molar-refractivity contribution is 0.0467. The van der Waals surface area contributed by atoms with E-state index in [0.29, 0.717) is 16.6 Å². The summed E-state index contributed by atoms with van der Waals surface area (Å²) in [6, 6.07) is 7.94. The minimum Gasteiger partial charge on any atom is -0.457 e. The summed E-state index contributed by atoms with van der Waals surface area (Å²) in [5.41, 5.74) is 1.00. The molecule has 0 radical (unpaired) electrons. The molecule has 1 N–H and O–H groups in total. The van der Waals surface area contributed by atoms with Crippen LogP contribution in [0.3, 0.4) is 0 Å². The van der Waals surface area contributed by atoms with Gasteiger partial charge in [0.1, 0.15) is 18.2 Å². The number of carbonyl (C=O) groups excluding carboxylic acids is 1. The van der Waals surface area contributed by atoms with E-state index >= 15 is 0 Å². The van der Waals surface area contributed by atoms with Gasteiger partial charge in [-0.3, -0.25) is 0 Å². The molecule has 0 aliphatic carbocycles. The van der Waals surface area contributed by atoms with Crippen LogP contribution < -0.4 is 5.46 Å². The van der Waals surface area contributed by atoms with Crippen LogP contribution in [0, 0.1) is 11.6 Å². The van der Waals surface area contributed by atoms with Crippen LogP contribution in [0.25, 0.3) is 0 Å². The number of benzene rings is 2. The van der Waals surface area contributed by atoms with Crippen LogP contribution >= 0.6 is 0 Å². The number of rotatable bonds is 3. The van der Waals surface area contributed by atoms with Gasteiger partial charge in [-0.1, -0.05) is 12.1 Å². The monoisotopic (exact) mass is 304 g/mol. The first-order valence-corrected chi connectivity index (χ1v) is 6.58. The van der Waals surface area contributed by atoms with E-state index < -0.39 is 24.7 Å². The first-order chi connectivity index (χ1) is 10.5. The second-order valence-electron chi connectivity index (χ2n) is 4.90. The third-order valence-corrected chi connectivity index (χ3v) is 3.37. The van der Waals surface area contributed by atoms with E-state index in [1.54, 1.807) is 6.07 Å². The minimum atomic E-state index is -1.18. The molecule has 0 spiro atoms. The SMILES string of the molecule is O=C(OCc1cccc(F)c1)c1cc2c(cc1F)COB2O. The summed E-state index contributed by atoms with van der Waals surface area (Å²) in [7, 11) is -1.18. The first-order valence-electron chi connectivity index (χ1n) is 6.58. The van der Waals surface area contributed by atoms with Gasteiger partial charge in [0.25, 0.3) is 0 Å². The van der Waals surface area contributed by atoms with E-state index in [1.807, 2.05) is 0 Å². The molecule has 112 valence electrons. The molecule has 1 heterocycles. The number of esters is 1. The van der Waals surface area contributed by atoms with E-state index in [0.717, 1.165) is 6.07 Å². The van der Waals surface area contributed by atoms with E-state index in [4.69, 9.17) is 9.39 Å². The molecule has 1 aliphatic heterocycles. The van der Waals surface area contributed by atoms with Crippen LogP contribution in [0.4, 0.5) is 8.78 Å². The molecule has 0 fully saturated rings. The fraction of sp³-hybridized carbons (Fsp3) is 0.133. The van der Waals surface area contributed by atoms with Gasteiger partial charge >= 0.3 is 13.1 Å². The first kappa shape index (κ1) is 14.7. The summed E-state index contributed by atoms with van der Waals surface area (Å²) >= 11 is 0. The maximum Gasteiger partial charge on any atom is 0.491 e. The lowest BCUT2D eigenvalue weighted by Gasteiger charge is -2.08. The van der Waals surface area contributed by atoms with Crippen molar-refractivity contribution in [3.8, 4) is 0 Å². The summed E-state index contributed by atoms with van der Waals surface area (Å²) in [5.74, 6) is -2.08. The Labute approximate surface area is 125 Å². The average Bonchev–Trinajstić information content (AvgIpc) is 2.84. The zero-order chi connectivity index (χ0) is 15.7. The molecule has 0 saturated carbocycles. The van der Waals surface area contributed by atoms with Crippen LogP contribution in [-0.4, -0.2) is 18.1 Å². The molecule has 0 atom stereocenters. The summed E-state index contributed by atoms with van der Waals surface area (Å²) in [6.07, 6.45) is 0. The van der Waals surface area contributed by atoms with Crippen molar-refractivity contribution in [2.75, 3.05) is 0 Å². The van der Waals surface area contributed by atoms with Crippen molar-refractivity contribution >= 4 is 18.6 Å². The average molecular weight is 304 g/mol. The molecular formula is C15H11BF2O4. The standard InChI is InChI=1S/C15H11BF2O4/c17-11-3-1-2-9(4-11)7-21-15(19)12-6-13-10(5-14(12)18)8-22-16(13)20/h1-6,20H,7-8H2. The molecule has 4 nitrogen and oxygen atoms in total. The van der Waals surface area contributed by atoms with Crippen LogP contribution in [0.15, 0.2) is 36.4 Å². The Bertz CT molecular complexity index is 735. The van der Waals surface area contributed by atoms with Crippen LogP contribution in [0.5, 0.6) is 0 Å². The third-order valence-electron chi connectivity index (χ3n) is 3.37. The van der Waals surface area contributed by atoms with Gasteiger partial charge in [-0.15, -0.1) is 0 Å². The van der Waals surface area contributed by atoms with Gasteiger partial charge < -0.3 is 14.4 Å². The highest BCUT2D eigenvalue weighted by molar-refractivity contribution is 6.61. The lowest BCUT2D eigenvalue weighted by atomic mass is 9.78. The van der Waals surface area contributed by atoms with Crippen LogP contribution in [0.1, 0.15) is 21.5 Å². The Morgan fingerprint density at radius 1 is 1.32 bits per heavy atom. The molecule has 0 aromatic heterocycles. The Balaban J connectivity index is 1.77. The van der Waals surface area contributed by atoms with Gasteiger partial charge in [-0.05, 0) is 40.9 Å². The molecule has 22 heavy (non-hydrogen) atoms. The van der Waals surface area contributed by atoms with Gasteiger partial charge in [-0.25, -0.2) is 13.6 Å². The highest BCUT2D eigenvalue weighted by atomic mass is 19.1. The molecule has 1 aliphatic rings. The van der Waals surface area contributed by atoms with Gasteiger partial charge in [0.2, 0.25) is 0 Å². The van der Waals surface area contributed by atoms with Gasteiger partial charge in [0, 0.05) is 0 Å².